The van der Waals surface area contributed by atoms with E-state index in [2.05, 4.69) is 59.3 Å². The molecule has 149 heavy (non-hydrogen) atoms. The Hall–Kier alpha value is -16.9. The number of ether oxygens (including phenoxy) is 3. The lowest BCUT2D eigenvalue weighted by Crippen LogP contribution is -2.41. The van der Waals surface area contributed by atoms with Crippen LogP contribution in [0.25, 0.3) is 79.6 Å². The highest BCUT2D eigenvalue weighted by molar-refractivity contribution is 6.62. The van der Waals surface area contributed by atoms with Gasteiger partial charge >= 0.3 is 38.1 Å². The van der Waals surface area contributed by atoms with Gasteiger partial charge in [0, 0.05) is 118 Å². The summed E-state index contributed by atoms with van der Waals surface area (Å²) in [5.41, 5.74) is 36.2. The van der Waals surface area contributed by atoms with Crippen LogP contribution >= 0.6 is 34.8 Å². The molecule has 776 valence electrons. The van der Waals surface area contributed by atoms with E-state index in [9.17, 15) is 65.8 Å². The van der Waals surface area contributed by atoms with Gasteiger partial charge in [-0.2, -0.15) is 0 Å². The number of aromatic nitrogens is 14. The van der Waals surface area contributed by atoms with Crippen LogP contribution in [0.1, 0.15) is 126 Å². The van der Waals surface area contributed by atoms with Crippen molar-refractivity contribution in [2.45, 2.75) is 92.9 Å². The average molecular weight is 2110 g/mol. The van der Waals surface area contributed by atoms with Crippen molar-refractivity contribution in [1.82, 2.24) is 68.1 Å². The zero-order chi connectivity index (χ0) is 110. The lowest BCUT2D eigenvalue weighted by atomic mass is 9.80. The number of halogens is 7. The van der Waals surface area contributed by atoms with Crippen molar-refractivity contribution in [2.75, 3.05) is 50.0 Å². The third-order valence-electron chi connectivity index (χ3n) is 21.6. The third-order valence-corrected chi connectivity index (χ3v) is 22.5. The fourth-order valence-corrected chi connectivity index (χ4v) is 13.7. The van der Waals surface area contributed by atoms with Crippen LogP contribution in [-0.4, -0.2) is 160 Å². The molecule has 1 fully saturated rings. The lowest BCUT2D eigenvalue weighted by Gasteiger charge is -2.32. The van der Waals surface area contributed by atoms with Crippen LogP contribution in [0.2, 0.25) is 15.5 Å². The number of esters is 3. The maximum Gasteiger partial charge on any atom is 0.526 e. The van der Waals surface area contributed by atoms with Gasteiger partial charge in [-0.25, -0.2) is 86.6 Å². The molecule has 0 atom stereocenters. The summed E-state index contributed by atoms with van der Waals surface area (Å²) in [5.74, 6) is -2.00. The van der Waals surface area contributed by atoms with Crippen molar-refractivity contribution in [1.29, 1.82) is 0 Å². The first kappa shape index (κ1) is 114. The molecule has 0 aliphatic carbocycles. The number of Topliss-reactive ketones (excluding diaryl/α,β-unsaturated/α-hetero) is 1. The minimum absolute atomic E-state index is 0.0268. The molecule has 0 amide bonds. The number of nitrogens with two attached hydrogens (primary N) is 6. The number of methoxy groups -OCH3 is 3. The van der Waals surface area contributed by atoms with Gasteiger partial charge in [0.05, 0.1) is 38.3 Å². The van der Waals surface area contributed by atoms with Crippen LogP contribution < -0.4 is 67.8 Å². The Kier molecular flexibility index (Phi) is 38.1. The number of nitrogens with zero attached hydrogens (tertiary/aromatic N) is 14. The summed E-state index contributed by atoms with van der Waals surface area (Å²) in [6.07, 6.45) is 6.08. The van der Waals surface area contributed by atoms with Gasteiger partial charge in [0.25, 0.3) is 0 Å². The van der Waals surface area contributed by atoms with Gasteiger partial charge in [0.2, 0.25) is 22.2 Å². The molecule has 0 radical (unpaired) electrons. The molecular weight excluding hydrogens is 2010 g/mol. The zero-order valence-electron chi connectivity index (χ0n) is 82.4. The number of anilines is 5. The summed E-state index contributed by atoms with van der Waals surface area (Å²) in [4.78, 5) is 146. The van der Waals surface area contributed by atoms with E-state index in [-0.39, 0.29) is 160 Å². The fraction of sp³-hybridized carbons (Fsp3) is 0.214. The number of aryl methyl sites for hydroxylation is 9. The van der Waals surface area contributed by atoms with E-state index in [0.717, 1.165) is 17.6 Å². The van der Waals surface area contributed by atoms with Crippen LogP contribution in [0.3, 0.4) is 0 Å². The summed E-state index contributed by atoms with van der Waals surface area (Å²) in [7, 11) is 8.27. The van der Waals surface area contributed by atoms with Gasteiger partial charge in [-0.15, -0.1) is 0 Å². The Morgan fingerprint density at radius 1 is 0.389 bits per heavy atom. The average Bonchev–Trinajstić information content (AvgIpc) is 1.62. The highest BCUT2D eigenvalue weighted by Gasteiger charge is 2.52. The first-order chi connectivity index (χ1) is 70.3. The molecule has 1 aliphatic heterocycles. The predicted octanol–water partition coefficient (Wildman–Crippen LogP) is 12.2. The fourth-order valence-electron chi connectivity index (χ4n) is 13.2. The molecule has 15 heterocycles. The summed E-state index contributed by atoms with van der Waals surface area (Å²) in [6, 6.07) is 36.4. The normalized spacial score (nSPS) is 11.8. The van der Waals surface area contributed by atoms with Crippen molar-refractivity contribution in [3.63, 3.8) is 0 Å². The van der Waals surface area contributed by atoms with Gasteiger partial charge < -0.3 is 113 Å². The van der Waals surface area contributed by atoms with E-state index in [4.69, 9.17) is 115 Å². The largest absolute Gasteiger partial charge is 0.526 e. The standard InChI is InChI=1S/C24H20F2N4O3.C17H16N4O4.C16H14N4O4.C12H18BNO3.C11H10ClN3O3.C7H7F2N.C6H5Cl2N3O2.C5H7BO3/c1-13-6-10-19(33-13)23-21(14-7-11-20(32)30(2)12-14)28-22(24(27)29-23)18(31)9-8-15-16(25)4-3-5-17(15)26;1-9-4-6-11(25-9)14-13(10-5-7-12(22)21(2)8-10)19-15(16(18)20-14)17(23)24-3;1-8-3-5-10(24-8)13-12(9-4-6-11(21)20(2)7-9)18-14(16(22)23)15(17)19-13;1-11(2)12(3,4)17-13(16-11)9-6-7-10(15)14(5)8-9;1-5-3-4-6(18-5)7-9(12)14-8(10(13)15-7)11(16)17-2;8-6-2-1-3-7(9)5(6)4-10;1-13-6(12)2-5(9)11-4(8)3(7)10-2;1-4-2-3-5(9-4)6(7)8/h3-7,10-12H,8-9H2,1-2H3,(H2,27,29);4-8H,1-3H3,(H2,18,20);3-7H,1-2H3,(H2,17,19)(H,22,23);6-8H,1-5H3;3-4H,1-2H3,(H2,13,15);1-3H,4,10H2;1H3,(H2,9,11);2-3,7-8H,1H3. The number of hydrogen-bond acceptors (Lipinski definition) is 37. The molecule has 0 bridgehead atoms. The van der Waals surface area contributed by atoms with Crippen molar-refractivity contribution in [2.24, 2.45) is 33.9 Å². The van der Waals surface area contributed by atoms with Gasteiger partial charge in [-0.05, 0) is 177 Å². The number of benzene rings is 2. The van der Waals surface area contributed by atoms with Gasteiger partial charge in [-0.1, -0.05) is 53.0 Å². The predicted molar refractivity (Wildman–Crippen MR) is 544 cm³/mol. The third kappa shape index (κ3) is 28.7. The number of hydrogen-bond donors (Lipinski definition) is 9. The maximum atomic E-state index is 13.9. The van der Waals surface area contributed by atoms with Gasteiger partial charge in [-0.3, -0.25) is 24.0 Å². The minimum atomic E-state index is -1.49. The molecule has 17 rings (SSSR count). The van der Waals surface area contributed by atoms with Crippen LogP contribution in [-0.2, 0) is 64.7 Å². The van der Waals surface area contributed by atoms with Crippen LogP contribution in [0.4, 0.5) is 46.7 Å². The number of rotatable bonds is 18. The first-order valence-electron chi connectivity index (χ1n) is 43.9. The molecule has 0 unspecified atom stereocenters. The molecule has 16 aromatic rings. The Morgan fingerprint density at radius 2 is 0.698 bits per heavy atom. The number of aromatic carboxylic acids is 1. The SMILES string of the molecule is COC(=O)c1nc(-c2ccc(=O)n(C)c2)c(-c2ccc(C)o2)nc1N.COC(=O)c1nc(Cl)c(-c2ccc(C)o2)nc1N.COC(=O)c1nc(Cl)c(Cl)nc1N.Cc1ccc(-c2nc(N)c(C(=O)CCc3c(F)cccc3F)nc2-c2ccc(=O)n(C)c2)o1.Cc1ccc(-c2nc(N)c(C(=O)O)nc2-c2ccc(=O)n(C)c2)o1.Cc1ccc(B(O)O)o1.Cn1cc(B2OC(C)(C)C(C)(C)O2)ccc1=O.NCc1c(F)cccc1F. The molecule has 42 nitrogen and oxygen atoms in total. The van der Waals surface area contributed by atoms with Crippen molar-refractivity contribution < 1.29 is 102 Å². The molecule has 2 aromatic carbocycles. The Morgan fingerprint density at radius 3 is 1.03 bits per heavy atom. The second-order valence-electron chi connectivity index (χ2n) is 33.0. The summed E-state index contributed by atoms with van der Waals surface area (Å²) >= 11 is 17.0. The molecule has 1 aliphatic rings. The quantitative estimate of drug-likeness (QED) is 0.0127. The number of nitrogen functional groups attached to an aromatic ring is 5. The molecule has 0 spiro atoms. The van der Waals surface area contributed by atoms with E-state index in [1.807, 2.05) is 27.7 Å². The maximum absolute atomic E-state index is 13.9. The Labute approximate surface area is 859 Å². The molecule has 1 saturated heterocycles. The number of carboxylic acid groups (broad SMARTS) is 1. The number of ketones is 1. The highest BCUT2D eigenvalue weighted by Crippen LogP contribution is 2.39. The number of carbonyl (C=O) groups excluding carboxylic acids is 4. The number of pyridine rings is 4. The van der Waals surface area contributed by atoms with Crippen LogP contribution in [0, 0.1) is 57.9 Å². The Bertz CT molecular complexity index is 7870. The van der Waals surface area contributed by atoms with Crippen molar-refractivity contribution in [3.05, 3.63) is 319 Å². The molecule has 15 N–H and O–H groups in total. The number of carbonyl (C=O) groups is 5. The zero-order valence-corrected chi connectivity index (χ0v) is 84.7. The van der Waals surface area contributed by atoms with Crippen LogP contribution in [0.5, 0.6) is 0 Å². The van der Waals surface area contributed by atoms with Crippen LogP contribution in [0.15, 0.2) is 212 Å². The first-order valence-corrected chi connectivity index (χ1v) is 45.1. The van der Waals surface area contributed by atoms with Crippen molar-refractivity contribution >= 4 is 119 Å². The summed E-state index contributed by atoms with van der Waals surface area (Å²) < 4.78 is 111. The molecule has 51 heteroatoms. The molecular formula is C98H97B2Cl3F4N20O22. The number of furan rings is 5. The lowest BCUT2D eigenvalue weighted by molar-refractivity contribution is 0.00578. The smallest absolute Gasteiger partial charge is 0.476 e. The van der Waals surface area contributed by atoms with E-state index in [1.165, 1.54) is 94.2 Å². The van der Waals surface area contributed by atoms with Gasteiger partial charge in [0.1, 0.15) is 97.5 Å². The van der Waals surface area contributed by atoms with E-state index in [0.29, 0.717) is 91.3 Å². The second-order valence-corrected chi connectivity index (χ2v) is 34.0. The minimum Gasteiger partial charge on any atom is -0.476 e. The van der Waals surface area contributed by atoms with E-state index >= 15 is 0 Å². The van der Waals surface area contributed by atoms with E-state index < -0.39 is 67.2 Å². The Balaban J connectivity index is 0.000000179. The topological polar surface area (TPSA) is 631 Å². The molecule has 0 saturated carbocycles. The summed E-state index contributed by atoms with van der Waals surface area (Å²) in [5, 5.41) is 26.1. The number of carboxylic acids is 1. The van der Waals surface area contributed by atoms with Gasteiger partial charge in [0.15, 0.2) is 96.1 Å². The molecule has 14 aromatic heterocycles. The van der Waals surface area contributed by atoms with E-state index in [1.54, 1.807) is 166 Å². The summed E-state index contributed by atoms with van der Waals surface area (Å²) in [6.45, 7) is 16.8. The monoisotopic (exact) mass is 2110 g/mol. The highest BCUT2D eigenvalue weighted by atomic mass is 35.5. The second kappa shape index (κ2) is 49.8. The van der Waals surface area contributed by atoms with Crippen molar-refractivity contribution in [3.8, 4) is 79.6 Å².